The third-order valence-corrected chi connectivity index (χ3v) is 8.27. The lowest BCUT2D eigenvalue weighted by Gasteiger charge is -2.24. The molecule has 0 saturated carbocycles. The van der Waals surface area contributed by atoms with Crippen LogP contribution in [0.1, 0.15) is 17.7 Å². The van der Waals surface area contributed by atoms with Crippen molar-refractivity contribution in [1.29, 1.82) is 0 Å². The normalized spacial score (nSPS) is 16.2. The minimum absolute atomic E-state index is 0.213. The van der Waals surface area contributed by atoms with Gasteiger partial charge in [-0.05, 0) is 56.1 Å². The van der Waals surface area contributed by atoms with Gasteiger partial charge < -0.3 is 33.7 Å². The van der Waals surface area contributed by atoms with Crippen molar-refractivity contribution in [3.63, 3.8) is 0 Å². The number of hydrogen-bond acceptors (Lipinski definition) is 9. The molecule has 13 heteroatoms. The minimum atomic E-state index is -0.924. The third-order valence-electron chi connectivity index (χ3n) is 8.27. The molecule has 0 unspecified atom stereocenters. The zero-order chi connectivity index (χ0) is 32.5. The number of rotatable bonds is 18. The van der Waals surface area contributed by atoms with Crippen molar-refractivity contribution in [2.24, 2.45) is 7.05 Å². The third kappa shape index (κ3) is 8.15. The number of aromatic nitrogens is 2. The van der Waals surface area contributed by atoms with E-state index in [-0.39, 0.29) is 25.0 Å². The Balaban J connectivity index is 1.05. The second kappa shape index (κ2) is 16.2. The van der Waals surface area contributed by atoms with E-state index in [9.17, 15) is 18.4 Å². The quantitative estimate of drug-likeness (QED) is 0.166. The number of benzene rings is 1. The van der Waals surface area contributed by atoms with E-state index in [0.29, 0.717) is 70.3 Å². The summed E-state index contributed by atoms with van der Waals surface area (Å²) >= 11 is 0. The lowest BCUT2D eigenvalue weighted by atomic mass is 9.92. The van der Waals surface area contributed by atoms with Crippen LogP contribution >= 0.6 is 0 Å². The second-order valence-corrected chi connectivity index (χ2v) is 11.1. The van der Waals surface area contributed by atoms with Gasteiger partial charge in [0.15, 0.2) is 11.6 Å². The zero-order valence-corrected chi connectivity index (χ0v) is 26.3. The highest BCUT2D eigenvalue weighted by Gasteiger charge is 2.25. The predicted octanol–water partition coefficient (Wildman–Crippen LogP) is 3.06. The molecule has 2 aliphatic rings. The van der Waals surface area contributed by atoms with Gasteiger partial charge in [-0.3, -0.25) is 14.5 Å². The first-order chi connectivity index (χ1) is 22.4. The number of hydrogen-bond donors (Lipinski definition) is 1. The van der Waals surface area contributed by atoms with E-state index in [4.69, 9.17) is 23.9 Å². The molecule has 1 aliphatic heterocycles. The molecule has 248 valence electrons. The summed E-state index contributed by atoms with van der Waals surface area (Å²) in [6.45, 7) is 3.32. The van der Waals surface area contributed by atoms with E-state index in [0.717, 1.165) is 41.3 Å². The number of nitrogens with one attached hydrogen (secondary N) is 1. The van der Waals surface area contributed by atoms with E-state index >= 15 is 0 Å². The maximum atomic E-state index is 14.3. The SMILES string of the molecule is CN[C@@H]1CCc2c(c3ccc(N(CCOCCOCCOCCOCCN4C(=O)C=CC4=O)c4ccc(F)c(F)c4)nc3n2C)C1. The smallest absolute Gasteiger partial charge is 0.253 e. The molecule has 5 rings (SSSR count). The Kier molecular flexibility index (Phi) is 11.8. The number of likely N-dealkylation sites (N-methyl/N-ethyl adjacent to an activating group) is 1. The topological polar surface area (TPSA) is 107 Å². The van der Waals surface area contributed by atoms with Crippen LogP contribution in [0.4, 0.5) is 20.3 Å². The highest BCUT2D eigenvalue weighted by atomic mass is 19.2. The van der Waals surface area contributed by atoms with Crippen molar-refractivity contribution in [2.75, 3.05) is 77.9 Å². The van der Waals surface area contributed by atoms with E-state index in [2.05, 4.69) is 16.0 Å². The van der Waals surface area contributed by atoms with Gasteiger partial charge in [-0.15, -0.1) is 0 Å². The summed E-state index contributed by atoms with van der Waals surface area (Å²) in [4.78, 5) is 30.9. The number of aryl methyl sites for hydroxylation is 1. The van der Waals surface area contributed by atoms with Gasteiger partial charge in [0.1, 0.15) is 11.5 Å². The first-order valence-electron chi connectivity index (χ1n) is 15.6. The largest absolute Gasteiger partial charge is 0.377 e. The Morgan fingerprint density at radius 2 is 1.54 bits per heavy atom. The fraction of sp³-hybridized carbons (Fsp3) is 0.485. The van der Waals surface area contributed by atoms with Crippen LogP contribution in [0.25, 0.3) is 11.0 Å². The molecular formula is C33H41F2N5O6. The van der Waals surface area contributed by atoms with Crippen molar-refractivity contribution in [3.8, 4) is 0 Å². The lowest BCUT2D eigenvalue weighted by Crippen LogP contribution is -2.33. The molecule has 2 aromatic heterocycles. The van der Waals surface area contributed by atoms with Gasteiger partial charge in [0.05, 0.1) is 59.4 Å². The number of anilines is 2. The van der Waals surface area contributed by atoms with Crippen LogP contribution in [0.2, 0.25) is 0 Å². The Hall–Kier alpha value is -3.75. The number of carbonyl (C=O) groups excluding carboxylic acids is 2. The van der Waals surface area contributed by atoms with Crippen molar-refractivity contribution >= 4 is 34.4 Å². The number of ether oxygens (including phenoxy) is 4. The molecule has 46 heavy (non-hydrogen) atoms. The highest BCUT2D eigenvalue weighted by Crippen LogP contribution is 2.33. The Morgan fingerprint density at radius 3 is 2.20 bits per heavy atom. The first-order valence-corrected chi connectivity index (χ1v) is 15.6. The maximum absolute atomic E-state index is 14.3. The number of halogens is 2. The number of fused-ring (bicyclic) bond motifs is 3. The fourth-order valence-corrected chi connectivity index (χ4v) is 5.77. The first kappa shape index (κ1) is 33.6. The number of pyridine rings is 1. The summed E-state index contributed by atoms with van der Waals surface area (Å²) in [5, 5.41) is 4.50. The molecule has 1 aliphatic carbocycles. The average molecular weight is 642 g/mol. The summed E-state index contributed by atoms with van der Waals surface area (Å²) in [7, 11) is 4.03. The molecule has 3 heterocycles. The monoisotopic (exact) mass is 641 g/mol. The summed E-state index contributed by atoms with van der Waals surface area (Å²) in [5.74, 6) is -1.86. The van der Waals surface area contributed by atoms with E-state index in [1.165, 1.54) is 29.5 Å². The van der Waals surface area contributed by atoms with Gasteiger partial charge in [-0.2, -0.15) is 0 Å². The highest BCUT2D eigenvalue weighted by molar-refractivity contribution is 6.12. The number of amides is 2. The molecule has 2 amide bonds. The fourth-order valence-electron chi connectivity index (χ4n) is 5.77. The zero-order valence-electron chi connectivity index (χ0n) is 26.3. The van der Waals surface area contributed by atoms with Crippen molar-refractivity contribution < 1.29 is 37.3 Å². The minimum Gasteiger partial charge on any atom is -0.377 e. The Labute approximate surface area is 267 Å². The van der Waals surface area contributed by atoms with Crippen LogP contribution in [0.5, 0.6) is 0 Å². The second-order valence-electron chi connectivity index (χ2n) is 11.1. The molecule has 0 radical (unpaired) electrons. The number of nitrogens with zero attached hydrogens (tertiary/aromatic N) is 4. The predicted molar refractivity (Wildman–Crippen MR) is 168 cm³/mol. The lowest BCUT2D eigenvalue weighted by molar-refractivity contribution is -0.137. The van der Waals surface area contributed by atoms with Crippen molar-refractivity contribution in [3.05, 3.63) is 65.4 Å². The maximum Gasteiger partial charge on any atom is 0.253 e. The summed E-state index contributed by atoms with van der Waals surface area (Å²) in [6.07, 6.45) is 5.47. The van der Waals surface area contributed by atoms with Crippen LogP contribution in [0.3, 0.4) is 0 Å². The summed E-state index contributed by atoms with van der Waals surface area (Å²) in [6, 6.07) is 8.26. The van der Waals surface area contributed by atoms with E-state index in [1.807, 2.05) is 25.1 Å². The van der Waals surface area contributed by atoms with E-state index < -0.39 is 11.6 Å². The standard InChI is InChI=1S/C33H41F2N5O6/c1-36-23-3-7-29-26(21-23)25-5-8-30(37-33(25)38(29)2)39(24-4-6-27(34)28(35)22-24)11-13-43-15-17-45-19-20-46-18-16-44-14-12-40-31(41)9-10-32(40)42/h4-6,8-10,22-23,36H,3,7,11-21H2,1-2H3/t23-/m1/s1. The molecule has 1 N–H and O–H groups in total. The van der Waals surface area contributed by atoms with Gasteiger partial charge in [0.2, 0.25) is 0 Å². The van der Waals surface area contributed by atoms with Crippen LogP contribution in [-0.4, -0.2) is 105 Å². The molecular weight excluding hydrogens is 600 g/mol. The molecule has 0 fully saturated rings. The van der Waals surface area contributed by atoms with Crippen LogP contribution in [0, 0.1) is 11.6 Å². The number of imide groups is 1. The van der Waals surface area contributed by atoms with E-state index in [1.54, 1.807) is 6.07 Å². The van der Waals surface area contributed by atoms with Crippen LogP contribution in [-0.2, 0) is 48.4 Å². The average Bonchev–Trinajstić information content (AvgIpc) is 3.53. The molecule has 1 atom stereocenters. The summed E-state index contributed by atoms with van der Waals surface area (Å²) in [5.41, 5.74) is 3.95. The van der Waals surface area contributed by atoms with Gasteiger partial charge in [0.25, 0.3) is 11.8 Å². The Morgan fingerprint density at radius 1 is 0.891 bits per heavy atom. The molecule has 0 spiro atoms. The molecule has 3 aromatic rings. The van der Waals surface area contributed by atoms with Gasteiger partial charge in [0, 0.05) is 54.6 Å². The van der Waals surface area contributed by atoms with Gasteiger partial charge in [-0.1, -0.05) is 0 Å². The van der Waals surface area contributed by atoms with Crippen LogP contribution in [0.15, 0.2) is 42.5 Å². The molecule has 11 nitrogen and oxygen atoms in total. The van der Waals surface area contributed by atoms with Crippen molar-refractivity contribution in [2.45, 2.75) is 25.3 Å². The van der Waals surface area contributed by atoms with Crippen molar-refractivity contribution in [1.82, 2.24) is 19.8 Å². The molecule has 0 bridgehead atoms. The van der Waals surface area contributed by atoms with Crippen LogP contribution < -0.4 is 10.2 Å². The molecule has 1 aromatic carbocycles. The number of carbonyl (C=O) groups is 2. The Bertz CT molecular complexity index is 1530. The summed E-state index contributed by atoms with van der Waals surface area (Å²) < 4.78 is 52.4. The van der Waals surface area contributed by atoms with Gasteiger partial charge in [-0.25, -0.2) is 13.8 Å². The molecule has 0 saturated heterocycles. The van der Waals surface area contributed by atoms with Gasteiger partial charge >= 0.3 is 0 Å².